The van der Waals surface area contributed by atoms with E-state index >= 15 is 0 Å². The molecule has 216 valence electrons. The van der Waals surface area contributed by atoms with Crippen molar-refractivity contribution in [2.75, 3.05) is 7.05 Å². The smallest absolute Gasteiger partial charge is 0.253 e. The Balaban J connectivity index is 0.00000162. The molecule has 3 amide bonds. The Labute approximate surface area is 235 Å². The molecule has 2 fully saturated rings. The fourth-order valence-electron chi connectivity index (χ4n) is 4.12. The molecule has 2 unspecified atom stereocenters. The normalized spacial score (nSPS) is 18.5. The highest BCUT2D eigenvalue weighted by molar-refractivity contribution is 6.10. The molecule has 0 aromatic heterocycles. The lowest BCUT2D eigenvalue weighted by atomic mass is 9.94. The second-order valence-electron chi connectivity index (χ2n) is 8.91. The molecule has 2 aliphatic rings. The summed E-state index contributed by atoms with van der Waals surface area (Å²) in [5.74, 6) is -1.18. The summed E-state index contributed by atoms with van der Waals surface area (Å²) in [5.41, 5.74) is 1.41. The first-order chi connectivity index (χ1) is 18.8. The fourth-order valence-corrected chi connectivity index (χ4v) is 4.12. The van der Waals surface area contributed by atoms with Crippen LogP contribution in [0, 0.1) is 0 Å². The van der Waals surface area contributed by atoms with E-state index in [9.17, 15) is 14.4 Å². The predicted octanol–water partition coefficient (Wildman–Crippen LogP) is 4.89. The maximum atomic E-state index is 13.3. The number of hydrogen-bond acceptors (Lipinski definition) is 4. The molecule has 1 aromatic rings. The third kappa shape index (κ3) is 13.1. The molecule has 1 heterocycles. The third-order valence-electron chi connectivity index (χ3n) is 5.70. The van der Waals surface area contributed by atoms with Gasteiger partial charge in [-0.15, -0.1) is 13.2 Å². The fraction of sp³-hybridized carbons (Fsp3) is 0.484. The lowest BCUT2D eigenvalue weighted by Gasteiger charge is -2.39. The van der Waals surface area contributed by atoms with Gasteiger partial charge in [0.25, 0.3) is 11.8 Å². The number of amides is 3. The van der Waals surface area contributed by atoms with E-state index in [-0.39, 0.29) is 24.9 Å². The lowest BCUT2D eigenvalue weighted by molar-refractivity contribution is -0.155. The van der Waals surface area contributed by atoms with Crippen LogP contribution in [0.15, 0.2) is 72.9 Å². The second-order valence-corrected chi connectivity index (χ2v) is 8.91. The maximum absolute atomic E-state index is 13.3. The minimum Gasteiger partial charge on any atom is -0.351 e. The predicted molar refractivity (Wildman–Crippen MR) is 162 cm³/mol. The molecule has 1 aromatic carbocycles. The Bertz CT molecular complexity index is 917. The maximum Gasteiger partial charge on any atom is 0.253 e. The molecule has 39 heavy (non-hydrogen) atoms. The zero-order valence-electron chi connectivity index (χ0n) is 24.5. The van der Waals surface area contributed by atoms with Gasteiger partial charge in [-0.1, -0.05) is 82.2 Å². The van der Waals surface area contributed by atoms with Crippen molar-refractivity contribution in [3.05, 3.63) is 73.5 Å². The number of nitrogens with one attached hydrogen (secondary N) is 3. The Morgan fingerprint density at radius 1 is 1.08 bits per heavy atom. The van der Waals surface area contributed by atoms with E-state index in [0.29, 0.717) is 5.70 Å². The van der Waals surface area contributed by atoms with Gasteiger partial charge in [0.1, 0.15) is 6.04 Å². The van der Waals surface area contributed by atoms with Gasteiger partial charge in [-0.25, -0.2) is 0 Å². The lowest BCUT2D eigenvalue weighted by Crippen LogP contribution is -2.67. The highest BCUT2D eigenvalue weighted by atomic mass is 16.2. The summed E-state index contributed by atoms with van der Waals surface area (Å²) >= 11 is 0. The number of rotatable bonds is 8. The topological polar surface area (TPSA) is 103 Å². The number of aliphatic imine (C=N–C) groups is 1. The molecule has 0 bridgehead atoms. The number of piperazine rings is 1. The molecule has 8 nitrogen and oxygen atoms in total. The minimum atomic E-state index is -1.19. The molecule has 2 atom stereocenters. The molecular weight excluding hydrogens is 490 g/mol. The zero-order valence-corrected chi connectivity index (χ0v) is 24.5. The number of hydrogen-bond donors (Lipinski definition) is 3. The highest BCUT2D eigenvalue weighted by Gasteiger charge is 2.44. The molecule has 3 rings (SSSR count). The van der Waals surface area contributed by atoms with E-state index in [1.807, 2.05) is 58.0 Å². The van der Waals surface area contributed by atoms with Crippen molar-refractivity contribution in [1.29, 1.82) is 0 Å². The third-order valence-corrected chi connectivity index (χ3v) is 5.70. The SMILES string of the molecule is C=C(CC1NC(=O)C(C(=O)NC2CCCCC2)N(Cc2ccccc2)C1=O)NC=NC.C=CC.C=CC.CC. The number of carbonyl (C=O) groups is 3. The zero-order chi connectivity index (χ0) is 29.6. The van der Waals surface area contributed by atoms with Crippen molar-refractivity contribution in [2.45, 2.75) is 90.9 Å². The Morgan fingerprint density at radius 3 is 2.18 bits per heavy atom. The minimum absolute atomic E-state index is 0.0535. The van der Waals surface area contributed by atoms with Crippen molar-refractivity contribution < 1.29 is 14.4 Å². The standard InChI is InChI=1S/C23H31N5O3.2C3H6.C2H6/c1-16(25-15-24-2)13-19-23(31)28(14-17-9-5-3-6-10-17)20(22(30)27-19)21(29)26-18-11-7-4-8-12-18;2*1-3-2;1-2/h3,5-6,9-10,15,18-20H,1,4,7-8,11-14H2,2H3,(H,24,25)(H,26,29)(H,27,30);2*3H,1H2,2H3;1-2H3. The molecule has 0 spiro atoms. The molecule has 8 heteroatoms. The van der Waals surface area contributed by atoms with Crippen LogP contribution in [-0.4, -0.2) is 54.1 Å². The molecule has 1 aliphatic carbocycles. The van der Waals surface area contributed by atoms with Crippen LogP contribution in [0.2, 0.25) is 0 Å². The average Bonchev–Trinajstić information content (AvgIpc) is 2.93. The van der Waals surface area contributed by atoms with Crippen LogP contribution >= 0.6 is 0 Å². The van der Waals surface area contributed by atoms with Crippen LogP contribution in [0.4, 0.5) is 0 Å². The summed E-state index contributed by atoms with van der Waals surface area (Å²) in [7, 11) is 1.62. The van der Waals surface area contributed by atoms with Crippen molar-refractivity contribution in [2.24, 2.45) is 4.99 Å². The van der Waals surface area contributed by atoms with Crippen LogP contribution in [0.25, 0.3) is 0 Å². The van der Waals surface area contributed by atoms with Crippen LogP contribution in [-0.2, 0) is 20.9 Å². The van der Waals surface area contributed by atoms with Gasteiger partial charge < -0.3 is 20.9 Å². The Hall–Kier alpha value is -3.68. The monoisotopic (exact) mass is 539 g/mol. The van der Waals surface area contributed by atoms with Gasteiger partial charge in [-0.2, -0.15) is 0 Å². The summed E-state index contributed by atoms with van der Waals surface area (Å²) in [5, 5.41) is 8.60. The van der Waals surface area contributed by atoms with Gasteiger partial charge >= 0.3 is 0 Å². The first-order valence-electron chi connectivity index (χ1n) is 13.8. The van der Waals surface area contributed by atoms with Gasteiger partial charge in [0, 0.05) is 31.8 Å². The van der Waals surface area contributed by atoms with E-state index in [1.165, 1.54) is 11.2 Å². The summed E-state index contributed by atoms with van der Waals surface area (Å²) in [6.45, 7) is 18.6. The van der Waals surface area contributed by atoms with E-state index in [1.54, 1.807) is 19.2 Å². The quantitative estimate of drug-likeness (QED) is 0.189. The number of nitrogens with zero attached hydrogens (tertiary/aromatic N) is 2. The number of allylic oxidation sites excluding steroid dienone is 2. The summed E-state index contributed by atoms with van der Waals surface area (Å²) in [6.07, 6.45) is 10.3. The van der Waals surface area contributed by atoms with Gasteiger partial charge in [0.05, 0.1) is 6.34 Å². The van der Waals surface area contributed by atoms with Gasteiger partial charge in [0.15, 0.2) is 6.04 Å². The highest BCUT2D eigenvalue weighted by Crippen LogP contribution is 2.21. The van der Waals surface area contributed by atoms with Crippen molar-refractivity contribution in [3.63, 3.8) is 0 Å². The molecule has 1 saturated heterocycles. The van der Waals surface area contributed by atoms with Gasteiger partial charge in [0.2, 0.25) is 5.91 Å². The molecular formula is C31H49N5O3. The number of benzene rings is 1. The van der Waals surface area contributed by atoms with Crippen LogP contribution in [0.5, 0.6) is 0 Å². The molecule has 0 radical (unpaired) electrons. The van der Waals surface area contributed by atoms with E-state index < -0.39 is 23.9 Å². The summed E-state index contributed by atoms with van der Waals surface area (Å²) in [6, 6.07) is 7.45. The van der Waals surface area contributed by atoms with E-state index in [0.717, 1.165) is 37.7 Å². The first kappa shape index (κ1) is 35.3. The average molecular weight is 540 g/mol. The molecule has 1 aliphatic heterocycles. The second kappa shape index (κ2) is 21.3. The summed E-state index contributed by atoms with van der Waals surface area (Å²) < 4.78 is 0. The first-order valence-corrected chi connectivity index (χ1v) is 13.8. The van der Waals surface area contributed by atoms with Crippen LogP contribution in [0.3, 0.4) is 0 Å². The van der Waals surface area contributed by atoms with Crippen molar-refractivity contribution >= 4 is 24.1 Å². The Morgan fingerprint density at radius 2 is 1.64 bits per heavy atom. The van der Waals surface area contributed by atoms with Crippen LogP contribution in [0.1, 0.15) is 71.8 Å². The Kier molecular flexibility index (Phi) is 19.3. The van der Waals surface area contributed by atoms with Crippen molar-refractivity contribution in [1.82, 2.24) is 20.9 Å². The molecule has 3 N–H and O–H groups in total. The van der Waals surface area contributed by atoms with Crippen LogP contribution < -0.4 is 16.0 Å². The van der Waals surface area contributed by atoms with Gasteiger partial charge in [-0.3, -0.25) is 19.4 Å². The van der Waals surface area contributed by atoms with Gasteiger partial charge in [-0.05, 0) is 32.3 Å². The molecule has 1 saturated carbocycles. The van der Waals surface area contributed by atoms with E-state index in [4.69, 9.17) is 0 Å². The largest absolute Gasteiger partial charge is 0.351 e. The van der Waals surface area contributed by atoms with Crippen molar-refractivity contribution in [3.8, 4) is 0 Å². The summed E-state index contributed by atoms with van der Waals surface area (Å²) in [4.78, 5) is 44.6. The van der Waals surface area contributed by atoms with E-state index in [2.05, 4.69) is 40.7 Å². The number of carbonyl (C=O) groups excluding carboxylic acids is 3.